The van der Waals surface area contributed by atoms with Gasteiger partial charge in [0, 0.05) is 22.9 Å². The Bertz CT molecular complexity index is 841. The van der Waals surface area contributed by atoms with Crippen molar-refractivity contribution >= 4 is 16.6 Å². The predicted molar refractivity (Wildman–Crippen MR) is 117 cm³/mol. The second-order valence-corrected chi connectivity index (χ2v) is 19.7. The number of nitrogens with one attached hydrogen (secondary N) is 1. The van der Waals surface area contributed by atoms with Crippen molar-refractivity contribution in [2.24, 2.45) is 5.92 Å². The number of benzene rings is 1. The van der Waals surface area contributed by atoms with Gasteiger partial charge in [-0.2, -0.15) is 0 Å². The van der Waals surface area contributed by atoms with Crippen molar-refractivity contribution in [3.8, 4) is 11.5 Å². The Kier molecular flexibility index (Phi) is 4.03. The molecule has 5 unspecified atom stereocenters. The van der Waals surface area contributed by atoms with E-state index in [2.05, 4.69) is 68.9 Å². The molecule has 0 aromatic heterocycles. The van der Waals surface area contributed by atoms with Crippen molar-refractivity contribution in [3.63, 3.8) is 0 Å². The minimum absolute atomic E-state index is 0.0245. The first-order chi connectivity index (χ1) is 13.1. The van der Waals surface area contributed by atoms with Crippen molar-refractivity contribution in [3.05, 3.63) is 35.4 Å². The molecule has 2 heterocycles. The summed E-state index contributed by atoms with van der Waals surface area (Å²) in [6.45, 7) is 14.6. The number of ether oxygens (including phenoxy) is 1. The van der Waals surface area contributed by atoms with E-state index in [4.69, 9.17) is 13.6 Å². The standard InChI is InChI=1S/C22H33NO3Si2/c1-27(2,3)25-17-9-7-14-13-16-15-8-10-18(26-28(4,5)6)21-22(15,11-12-23-16)19(14)20(17)24-21/h7-10,15-16,18,21,23H,11-13H2,1-6H3. The van der Waals surface area contributed by atoms with E-state index in [1.54, 1.807) is 0 Å². The second kappa shape index (κ2) is 5.97. The van der Waals surface area contributed by atoms with Crippen LogP contribution in [-0.4, -0.2) is 41.4 Å². The van der Waals surface area contributed by atoms with Crippen LogP contribution in [0.15, 0.2) is 24.3 Å². The van der Waals surface area contributed by atoms with E-state index < -0.39 is 16.6 Å². The van der Waals surface area contributed by atoms with E-state index >= 15 is 0 Å². The molecule has 4 aliphatic rings. The molecule has 5 atom stereocenters. The van der Waals surface area contributed by atoms with Gasteiger partial charge in [0.25, 0.3) is 0 Å². The van der Waals surface area contributed by atoms with E-state index in [1.165, 1.54) is 11.1 Å². The molecule has 1 fully saturated rings. The first-order valence-electron chi connectivity index (χ1n) is 10.7. The highest BCUT2D eigenvalue weighted by Crippen LogP contribution is 2.62. The molecule has 2 aliphatic carbocycles. The molecule has 6 heteroatoms. The smallest absolute Gasteiger partial charge is 0.242 e. The van der Waals surface area contributed by atoms with Crippen LogP contribution in [0.3, 0.4) is 0 Å². The summed E-state index contributed by atoms with van der Waals surface area (Å²) in [6.07, 6.45) is 6.99. The zero-order valence-corrected chi connectivity index (χ0v) is 20.0. The summed E-state index contributed by atoms with van der Waals surface area (Å²) in [5, 5.41) is 3.78. The predicted octanol–water partition coefficient (Wildman–Crippen LogP) is 4.22. The molecule has 1 N–H and O–H groups in total. The van der Waals surface area contributed by atoms with Gasteiger partial charge >= 0.3 is 0 Å². The molecule has 1 aromatic rings. The molecule has 0 amide bonds. The Hall–Kier alpha value is -1.09. The number of hydrogen-bond donors (Lipinski definition) is 1. The van der Waals surface area contributed by atoms with Crippen LogP contribution in [0.2, 0.25) is 39.3 Å². The summed E-state index contributed by atoms with van der Waals surface area (Å²) in [4.78, 5) is 0. The molecule has 4 nitrogen and oxygen atoms in total. The molecule has 2 aliphatic heterocycles. The second-order valence-electron chi connectivity index (χ2n) is 10.8. The lowest BCUT2D eigenvalue weighted by Gasteiger charge is -2.54. The topological polar surface area (TPSA) is 39.7 Å². The lowest BCUT2D eigenvalue weighted by molar-refractivity contribution is -0.0105. The third-order valence-electron chi connectivity index (χ3n) is 6.55. The van der Waals surface area contributed by atoms with Crippen molar-refractivity contribution in [1.82, 2.24) is 5.32 Å². The molecule has 28 heavy (non-hydrogen) atoms. The molecule has 2 bridgehead atoms. The third kappa shape index (κ3) is 2.75. The van der Waals surface area contributed by atoms with E-state index in [0.717, 1.165) is 30.9 Å². The number of hydrogen-bond acceptors (Lipinski definition) is 4. The van der Waals surface area contributed by atoms with Crippen LogP contribution in [-0.2, 0) is 16.3 Å². The number of rotatable bonds is 4. The first kappa shape index (κ1) is 18.9. The van der Waals surface area contributed by atoms with Crippen molar-refractivity contribution < 1.29 is 13.6 Å². The maximum absolute atomic E-state index is 6.83. The Balaban J connectivity index is 1.67. The van der Waals surface area contributed by atoms with Crippen LogP contribution in [0, 0.1) is 5.92 Å². The molecule has 1 spiro atoms. The van der Waals surface area contributed by atoms with Crippen LogP contribution >= 0.6 is 0 Å². The molecule has 0 radical (unpaired) electrons. The maximum atomic E-state index is 6.83. The lowest BCUT2D eigenvalue weighted by Crippen LogP contribution is -2.65. The zero-order chi connectivity index (χ0) is 19.9. The highest BCUT2D eigenvalue weighted by Gasteiger charge is 2.64. The van der Waals surface area contributed by atoms with Gasteiger partial charge in [0.2, 0.25) is 8.32 Å². The van der Waals surface area contributed by atoms with Crippen LogP contribution in [0.25, 0.3) is 0 Å². The molecule has 1 saturated heterocycles. The quantitative estimate of drug-likeness (QED) is 0.590. The van der Waals surface area contributed by atoms with Gasteiger partial charge in [0.1, 0.15) is 18.0 Å². The lowest BCUT2D eigenvalue weighted by atomic mass is 9.54. The van der Waals surface area contributed by atoms with Gasteiger partial charge < -0.3 is 18.9 Å². The van der Waals surface area contributed by atoms with Gasteiger partial charge in [0.15, 0.2) is 14.1 Å². The van der Waals surface area contributed by atoms with Crippen molar-refractivity contribution in [2.45, 2.75) is 75.8 Å². The SMILES string of the molecule is C[Si](C)(C)Oc1ccc2c3c1OC1C(O[Si](C)(C)C)C=CC4C(C2)NCCC341. The van der Waals surface area contributed by atoms with Crippen LogP contribution in [0.4, 0.5) is 0 Å². The van der Waals surface area contributed by atoms with Gasteiger partial charge in [-0.3, -0.25) is 0 Å². The molecular formula is C22H33NO3Si2. The molecule has 5 rings (SSSR count). The van der Waals surface area contributed by atoms with Crippen LogP contribution in [0.1, 0.15) is 17.5 Å². The fourth-order valence-corrected chi connectivity index (χ4v) is 7.71. The zero-order valence-electron chi connectivity index (χ0n) is 18.0. The molecule has 152 valence electrons. The first-order valence-corrected chi connectivity index (χ1v) is 17.5. The Morgan fingerprint density at radius 3 is 2.57 bits per heavy atom. The Labute approximate surface area is 170 Å². The number of piperidine rings is 1. The van der Waals surface area contributed by atoms with E-state index in [-0.39, 0.29) is 17.6 Å². The fraction of sp³-hybridized carbons (Fsp3) is 0.636. The van der Waals surface area contributed by atoms with E-state index in [9.17, 15) is 0 Å². The minimum atomic E-state index is -1.73. The molecular weight excluding hydrogens is 382 g/mol. The van der Waals surface area contributed by atoms with E-state index in [1.807, 2.05) is 0 Å². The fourth-order valence-electron chi connectivity index (χ4n) is 5.87. The Morgan fingerprint density at radius 2 is 1.86 bits per heavy atom. The summed E-state index contributed by atoms with van der Waals surface area (Å²) in [7, 11) is -3.42. The van der Waals surface area contributed by atoms with Crippen LogP contribution in [0.5, 0.6) is 11.5 Å². The van der Waals surface area contributed by atoms with Gasteiger partial charge in [-0.1, -0.05) is 18.2 Å². The maximum Gasteiger partial charge on any atom is 0.242 e. The highest BCUT2D eigenvalue weighted by molar-refractivity contribution is 6.70. The van der Waals surface area contributed by atoms with Gasteiger partial charge in [-0.25, -0.2) is 0 Å². The van der Waals surface area contributed by atoms with Gasteiger partial charge in [0.05, 0.1) is 0 Å². The average molecular weight is 416 g/mol. The van der Waals surface area contributed by atoms with Gasteiger partial charge in [-0.05, 0) is 70.3 Å². The summed E-state index contributed by atoms with van der Waals surface area (Å²) in [5.74, 6) is 2.44. The summed E-state index contributed by atoms with van der Waals surface area (Å²) >= 11 is 0. The molecule has 1 aromatic carbocycles. The highest BCUT2D eigenvalue weighted by atomic mass is 28.4. The van der Waals surface area contributed by atoms with Crippen molar-refractivity contribution in [2.75, 3.05) is 6.54 Å². The summed E-state index contributed by atoms with van der Waals surface area (Å²) < 4.78 is 19.9. The monoisotopic (exact) mass is 415 g/mol. The summed E-state index contributed by atoms with van der Waals surface area (Å²) in [5.41, 5.74) is 2.90. The minimum Gasteiger partial charge on any atom is -0.542 e. The average Bonchev–Trinajstić information content (AvgIpc) is 2.89. The largest absolute Gasteiger partial charge is 0.542 e. The molecule has 0 saturated carbocycles. The van der Waals surface area contributed by atoms with Crippen LogP contribution < -0.4 is 14.5 Å². The third-order valence-corrected chi connectivity index (χ3v) is 8.36. The normalized spacial score (nSPS) is 35.4. The van der Waals surface area contributed by atoms with E-state index in [0.29, 0.717) is 12.0 Å². The van der Waals surface area contributed by atoms with Gasteiger partial charge in [-0.15, -0.1) is 0 Å². The summed E-state index contributed by atoms with van der Waals surface area (Å²) in [6, 6.07) is 4.94. The van der Waals surface area contributed by atoms with Crippen molar-refractivity contribution in [1.29, 1.82) is 0 Å². The Morgan fingerprint density at radius 1 is 1.07 bits per heavy atom.